The molecule has 1 atom stereocenters. The molecule has 96 valence electrons. The number of carbonyl (C=O) groups excluding carboxylic acids is 2. The van der Waals surface area contributed by atoms with Crippen LogP contribution < -0.4 is 0 Å². The van der Waals surface area contributed by atoms with Crippen molar-refractivity contribution < 1.29 is 14.7 Å². The van der Waals surface area contributed by atoms with Gasteiger partial charge in [0.1, 0.15) is 5.78 Å². The third-order valence-electron chi connectivity index (χ3n) is 3.71. The van der Waals surface area contributed by atoms with Crippen molar-refractivity contribution in [2.75, 3.05) is 32.8 Å². The monoisotopic (exact) mass is 240 g/mol. The molecule has 1 N–H and O–H groups in total. The van der Waals surface area contributed by atoms with Gasteiger partial charge in [-0.15, -0.1) is 0 Å². The Bertz CT molecular complexity index is 311. The van der Waals surface area contributed by atoms with E-state index in [0.29, 0.717) is 25.9 Å². The molecule has 5 nitrogen and oxygen atoms in total. The molecule has 0 spiro atoms. The van der Waals surface area contributed by atoms with Crippen LogP contribution in [0.3, 0.4) is 0 Å². The second kappa shape index (κ2) is 5.14. The molecule has 1 aliphatic carbocycles. The van der Waals surface area contributed by atoms with Gasteiger partial charge in [-0.1, -0.05) is 0 Å². The summed E-state index contributed by atoms with van der Waals surface area (Å²) in [7, 11) is 0. The molecular weight excluding hydrogens is 220 g/mol. The zero-order valence-electron chi connectivity index (χ0n) is 10.3. The molecule has 2 aliphatic rings. The lowest BCUT2D eigenvalue weighted by Gasteiger charge is -2.42. The van der Waals surface area contributed by atoms with Crippen molar-refractivity contribution in [1.29, 1.82) is 0 Å². The van der Waals surface area contributed by atoms with E-state index in [1.165, 1.54) is 0 Å². The van der Waals surface area contributed by atoms with Crippen molar-refractivity contribution in [3.05, 3.63) is 0 Å². The van der Waals surface area contributed by atoms with Gasteiger partial charge in [0.25, 0.3) is 0 Å². The molecule has 1 amide bonds. The van der Waals surface area contributed by atoms with E-state index in [9.17, 15) is 9.59 Å². The van der Waals surface area contributed by atoms with Crippen molar-refractivity contribution in [1.82, 2.24) is 9.80 Å². The van der Waals surface area contributed by atoms with Crippen molar-refractivity contribution >= 4 is 11.7 Å². The van der Waals surface area contributed by atoms with E-state index in [1.54, 1.807) is 0 Å². The number of aliphatic hydroxyl groups excluding tert-OH is 1. The number of hydrogen-bond acceptors (Lipinski definition) is 4. The first-order chi connectivity index (χ1) is 8.11. The van der Waals surface area contributed by atoms with E-state index in [4.69, 9.17) is 5.11 Å². The summed E-state index contributed by atoms with van der Waals surface area (Å²) in [5, 5.41) is 8.88. The number of Topliss-reactive ketones (excluding diaryl/α,β-unsaturated/α-hetero) is 1. The molecule has 0 aromatic carbocycles. The van der Waals surface area contributed by atoms with Crippen LogP contribution in [0.4, 0.5) is 0 Å². The van der Waals surface area contributed by atoms with Crippen LogP contribution in [0.25, 0.3) is 0 Å². The summed E-state index contributed by atoms with van der Waals surface area (Å²) in [6, 6.07) is 0.179. The zero-order valence-corrected chi connectivity index (χ0v) is 10.3. The van der Waals surface area contributed by atoms with Crippen LogP contribution in [-0.2, 0) is 9.59 Å². The Morgan fingerprint density at radius 3 is 2.65 bits per heavy atom. The highest BCUT2D eigenvalue weighted by molar-refractivity contribution is 5.96. The second-order valence-electron chi connectivity index (χ2n) is 5.05. The van der Waals surface area contributed by atoms with E-state index in [0.717, 1.165) is 13.1 Å². The van der Waals surface area contributed by atoms with Crippen LogP contribution in [0.5, 0.6) is 0 Å². The number of β-amino-alcohol motifs (C(OH)–C–C–N with tert-alkyl or cyclic N) is 1. The number of piperazine rings is 1. The highest BCUT2D eigenvalue weighted by Gasteiger charge is 2.38. The van der Waals surface area contributed by atoms with Crippen LogP contribution in [0.2, 0.25) is 0 Å². The molecule has 1 aliphatic heterocycles. The molecule has 0 radical (unpaired) electrons. The number of amides is 1. The van der Waals surface area contributed by atoms with Crippen molar-refractivity contribution in [2.24, 2.45) is 5.92 Å². The first kappa shape index (κ1) is 12.5. The summed E-state index contributed by atoms with van der Waals surface area (Å²) in [6.07, 6.45) is 0.866. The molecule has 5 heteroatoms. The Balaban J connectivity index is 1.86. The number of ketones is 1. The van der Waals surface area contributed by atoms with Gasteiger partial charge < -0.3 is 10.0 Å². The summed E-state index contributed by atoms with van der Waals surface area (Å²) in [6.45, 7) is 5.21. The van der Waals surface area contributed by atoms with Gasteiger partial charge in [-0.2, -0.15) is 0 Å². The van der Waals surface area contributed by atoms with Crippen LogP contribution in [-0.4, -0.2) is 65.4 Å². The van der Waals surface area contributed by atoms with Gasteiger partial charge in [0.05, 0.1) is 12.5 Å². The largest absolute Gasteiger partial charge is 0.395 e. The Kier molecular flexibility index (Phi) is 3.79. The lowest BCUT2D eigenvalue weighted by molar-refractivity contribution is -0.148. The van der Waals surface area contributed by atoms with E-state index >= 15 is 0 Å². The average molecular weight is 240 g/mol. The van der Waals surface area contributed by atoms with E-state index in [-0.39, 0.29) is 30.3 Å². The maximum atomic E-state index is 12.1. The SMILES string of the molecule is CC1CN(CCO)CCN1C(=O)C1CC(=O)C1. The Morgan fingerprint density at radius 2 is 2.12 bits per heavy atom. The Hall–Kier alpha value is -0.940. The number of rotatable bonds is 3. The molecule has 2 rings (SSSR count). The predicted octanol–water partition coefficient (Wildman–Crippen LogP) is -0.510. The van der Waals surface area contributed by atoms with Crippen molar-refractivity contribution in [3.63, 3.8) is 0 Å². The number of nitrogens with zero attached hydrogens (tertiary/aromatic N) is 2. The molecule has 1 saturated carbocycles. The van der Waals surface area contributed by atoms with E-state index in [1.807, 2.05) is 11.8 Å². The van der Waals surface area contributed by atoms with Gasteiger partial charge in [-0.05, 0) is 6.92 Å². The minimum Gasteiger partial charge on any atom is -0.395 e. The fourth-order valence-corrected chi connectivity index (χ4v) is 2.60. The second-order valence-corrected chi connectivity index (χ2v) is 5.05. The predicted molar refractivity (Wildman–Crippen MR) is 62.4 cm³/mol. The molecule has 1 saturated heterocycles. The maximum Gasteiger partial charge on any atom is 0.226 e. The standard InChI is InChI=1S/C12H20N2O3/c1-9-8-13(4-5-15)2-3-14(9)12(17)10-6-11(16)7-10/h9-10,15H,2-8H2,1H3. The molecule has 2 fully saturated rings. The van der Waals surface area contributed by atoms with E-state index in [2.05, 4.69) is 4.90 Å². The molecule has 1 unspecified atom stereocenters. The van der Waals surface area contributed by atoms with Gasteiger partial charge in [0, 0.05) is 45.1 Å². The van der Waals surface area contributed by atoms with Gasteiger partial charge in [-0.25, -0.2) is 0 Å². The minimum absolute atomic E-state index is 0.0608. The highest BCUT2D eigenvalue weighted by atomic mass is 16.3. The van der Waals surface area contributed by atoms with Crippen LogP contribution in [0.15, 0.2) is 0 Å². The van der Waals surface area contributed by atoms with Gasteiger partial charge in [0.2, 0.25) is 5.91 Å². The van der Waals surface area contributed by atoms with Crippen molar-refractivity contribution in [3.8, 4) is 0 Å². The van der Waals surface area contributed by atoms with Crippen LogP contribution in [0.1, 0.15) is 19.8 Å². The Labute approximate surface area is 101 Å². The normalized spacial score (nSPS) is 27.1. The lowest BCUT2D eigenvalue weighted by atomic mass is 9.82. The average Bonchev–Trinajstić information content (AvgIpc) is 2.25. The van der Waals surface area contributed by atoms with Gasteiger partial charge >= 0.3 is 0 Å². The first-order valence-corrected chi connectivity index (χ1v) is 6.27. The van der Waals surface area contributed by atoms with E-state index < -0.39 is 0 Å². The van der Waals surface area contributed by atoms with Crippen molar-refractivity contribution in [2.45, 2.75) is 25.8 Å². The molecular formula is C12H20N2O3. The van der Waals surface area contributed by atoms with Gasteiger partial charge in [0.15, 0.2) is 0 Å². The smallest absolute Gasteiger partial charge is 0.226 e. The molecule has 0 aromatic heterocycles. The first-order valence-electron chi connectivity index (χ1n) is 6.27. The minimum atomic E-state index is -0.0608. The topological polar surface area (TPSA) is 60.9 Å². The lowest BCUT2D eigenvalue weighted by Crippen LogP contribution is -2.56. The number of aliphatic hydroxyl groups is 1. The zero-order chi connectivity index (χ0) is 12.4. The van der Waals surface area contributed by atoms with Gasteiger partial charge in [-0.3, -0.25) is 14.5 Å². The summed E-state index contributed by atoms with van der Waals surface area (Å²) in [5.41, 5.74) is 0. The highest BCUT2D eigenvalue weighted by Crippen LogP contribution is 2.26. The summed E-state index contributed by atoms with van der Waals surface area (Å²) in [4.78, 5) is 27.1. The summed E-state index contributed by atoms with van der Waals surface area (Å²) < 4.78 is 0. The molecule has 0 aromatic rings. The summed E-state index contributed by atoms with van der Waals surface area (Å²) in [5.74, 6) is 0.282. The van der Waals surface area contributed by atoms with Crippen LogP contribution in [0, 0.1) is 5.92 Å². The maximum absolute atomic E-state index is 12.1. The third-order valence-corrected chi connectivity index (χ3v) is 3.71. The van der Waals surface area contributed by atoms with Crippen LogP contribution >= 0.6 is 0 Å². The quantitative estimate of drug-likeness (QED) is 0.722. The molecule has 1 heterocycles. The molecule has 0 bridgehead atoms. The Morgan fingerprint density at radius 1 is 1.41 bits per heavy atom. The fourth-order valence-electron chi connectivity index (χ4n) is 2.60. The number of hydrogen-bond donors (Lipinski definition) is 1. The third kappa shape index (κ3) is 2.66. The number of carbonyl (C=O) groups is 2. The molecule has 17 heavy (non-hydrogen) atoms. The summed E-state index contributed by atoms with van der Waals surface area (Å²) >= 11 is 0. The fraction of sp³-hybridized carbons (Fsp3) is 0.833.